The Kier molecular flexibility index (Phi) is 3.21. The van der Waals surface area contributed by atoms with Gasteiger partial charge in [0.25, 0.3) is 0 Å². The van der Waals surface area contributed by atoms with Crippen molar-refractivity contribution in [3.05, 3.63) is 5.82 Å². The molecule has 1 aromatic rings. The summed E-state index contributed by atoms with van der Waals surface area (Å²) in [5, 5.41) is 13.2. The summed E-state index contributed by atoms with van der Waals surface area (Å²) in [5.74, 6) is 1.97. The van der Waals surface area contributed by atoms with Gasteiger partial charge in [-0.1, -0.05) is 13.8 Å². The van der Waals surface area contributed by atoms with Crippen molar-refractivity contribution in [1.82, 2.24) is 9.36 Å². The highest BCUT2D eigenvalue weighted by atomic mass is 32.1. The maximum atomic E-state index is 9.18. The van der Waals surface area contributed by atoms with Gasteiger partial charge >= 0.3 is 0 Å². The predicted octanol–water partition coefficient (Wildman–Crippen LogP) is 1.84. The van der Waals surface area contributed by atoms with E-state index in [-0.39, 0.29) is 12.6 Å². The summed E-state index contributed by atoms with van der Waals surface area (Å²) < 4.78 is 4.31. The molecule has 0 amide bonds. The van der Waals surface area contributed by atoms with Gasteiger partial charge in [-0.2, -0.15) is 4.37 Å². The summed E-state index contributed by atoms with van der Waals surface area (Å²) in [4.78, 5) is 4.43. The van der Waals surface area contributed by atoms with E-state index in [9.17, 15) is 5.11 Å². The lowest BCUT2D eigenvalue weighted by Gasteiger charge is -2.18. The van der Waals surface area contributed by atoms with Crippen molar-refractivity contribution < 1.29 is 5.11 Å². The van der Waals surface area contributed by atoms with Gasteiger partial charge in [0.15, 0.2) is 0 Å². The van der Waals surface area contributed by atoms with Gasteiger partial charge in [-0.15, -0.1) is 0 Å². The molecule has 0 bridgehead atoms. The van der Waals surface area contributed by atoms with E-state index >= 15 is 0 Å². The molecule has 1 atom stereocenters. The SMILES string of the molecule is CC(C)C(CO)Nc1nc(C2CC2)ns1. The molecule has 0 aliphatic heterocycles. The van der Waals surface area contributed by atoms with E-state index in [4.69, 9.17) is 0 Å². The number of anilines is 1. The maximum absolute atomic E-state index is 9.18. The Hall–Kier alpha value is -0.680. The summed E-state index contributed by atoms with van der Waals surface area (Å²) in [7, 11) is 0. The molecular formula is C10H17N3OS. The van der Waals surface area contributed by atoms with Crippen LogP contribution < -0.4 is 5.32 Å². The average molecular weight is 227 g/mol. The van der Waals surface area contributed by atoms with Crippen LogP contribution in [-0.4, -0.2) is 27.1 Å². The van der Waals surface area contributed by atoms with Gasteiger partial charge in [-0.3, -0.25) is 0 Å². The molecule has 1 unspecified atom stereocenters. The molecule has 0 saturated heterocycles. The second-order valence-electron chi connectivity index (χ2n) is 4.41. The minimum Gasteiger partial charge on any atom is -0.394 e. The summed E-state index contributed by atoms with van der Waals surface area (Å²) in [5.41, 5.74) is 0. The van der Waals surface area contributed by atoms with Crippen LogP contribution in [0.1, 0.15) is 38.4 Å². The fourth-order valence-electron chi connectivity index (χ4n) is 1.38. The highest BCUT2D eigenvalue weighted by Crippen LogP contribution is 2.39. The van der Waals surface area contributed by atoms with E-state index in [2.05, 4.69) is 28.5 Å². The van der Waals surface area contributed by atoms with E-state index in [1.807, 2.05) is 0 Å². The van der Waals surface area contributed by atoms with Crippen molar-refractivity contribution in [3.8, 4) is 0 Å². The lowest BCUT2D eigenvalue weighted by Crippen LogP contribution is -2.29. The number of aromatic nitrogens is 2. The molecule has 2 N–H and O–H groups in total. The van der Waals surface area contributed by atoms with Crippen molar-refractivity contribution in [2.75, 3.05) is 11.9 Å². The topological polar surface area (TPSA) is 58.0 Å². The molecule has 1 heterocycles. The lowest BCUT2D eigenvalue weighted by atomic mass is 10.1. The minimum atomic E-state index is 0.0741. The standard InChI is InChI=1S/C10H17N3OS/c1-6(2)8(5-14)11-10-12-9(13-15-10)7-3-4-7/h6-8,14H,3-5H2,1-2H3,(H,11,12,13). The molecule has 1 aromatic heterocycles. The third-order valence-corrected chi connectivity index (χ3v) is 3.35. The van der Waals surface area contributed by atoms with Crippen LogP contribution in [0.4, 0.5) is 5.13 Å². The van der Waals surface area contributed by atoms with Crippen LogP contribution in [0.2, 0.25) is 0 Å². The predicted molar refractivity (Wildman–Crippen MR) is 61.2 cm³/mol. The van der Waals surface area contributed by atoms with Crippen LogP contribution in [0.5, 0.6) is 0 Å². The molecule has 1 aliphatic rings. The molecular weight excluding hydrogens is 210 g/mol. The first-order valence-corrected chi connectivity index (χ1v) is 6.19. The molecule has 0 radical (unpaired) electrons. The van der Waals surface area contributed by atoms with Gasteiger partial charge < -0.3 is 10.4 Å². The Morgan fingerprint density at radius 2 is 2.27 bits per heavy atom. The van der Waals surface area contributed by atoms with E-state index < -0.39 is 0 Å². The van der Waals surface area contributed by atoms with E-state index in [1.54, 1.807) is 0 Å². The Balaban J connectivity index is 1.96. The Labute approximate surface area is 93.9 Å². The molecule has 0 aromatic carbocycles. The van der Waals surface area contributed by atoms with Crippen LogP contribution in [0.15, 0.2) is 0 Å². The fraction of sp³-hybridized carbons (Fsp3) is 0.800. The monoisotopic (exact) mass is 227 g/mol. The normalized spacial score (nSPS) is 18.1. The molecule has 1 fully saturated rings. The second kappa shape index (κ2) is 4.45. The molecule has 1 aliphatic carbocycles. The average Bonchev–Trinajstić information content (AvgIpc) is 2.95. The number of hydrogen-bond acceptors (Lipinski definition) is 5. The summed E-state index contributed by atoms with van der Waals surface area (Å²) in [6.07, 6.45) is 2.45. The number of hydrogen-bond donors (Lipinski definition) is 2. The number of aliphatic hydroxyl groups is 1. The number of aliphatic hydroxyl groups excluding tert-OH is 1. The largest absolute Gasteiger partial charge is 0.394 e. The van der Waals surface area contributed by atoms with Crippen LogP contribution in [0.25, 0.3) is 0 Å². The van der Waals surface area contributed by atoms with E-state index in [0.717, 1.165) is 11.0 Å². The molecule has 15 heavy (non-hydrogen) atoms. The summed E-state index contributed by atoms with van der Waals surface area (Å²) in [6.45, 7) is 4.30. The number of rotatable bonds is 5. The molecule has 84 valence electrons. The van der Waals surface area contributed by atoms with E-state index in [0.29, 0.717) is 11.8 Å². The second-order valence-corrected chi connectivity index (χ2v) is 5.16. The van der Waals surface area contributed by atoms with Gasteiger partial charge in [0.05, 0.1) is 12.6 Å². The van der Waals surface area contributed by atoms with Crippen LogP contribution in [0, 0.1) is 5.92 Å². The van der Waals surface area contributed by atoms with Crippen molar-refractivity contribution in [1.29, 1.82) is 0 Å². The van der Waals surface area contributed by atoms with Gasteiger partial charge in [0.2, 0.25) is 5.13 Å². The zero-order valence-corrected chi connectivity index (χ0v) is 9.92. The van der Waals surface area contributed by atoms with Crippen molar-refractivity contribution in [3.63, 3.8) is 0 Å². The van der Waals surface area contributed by atoms with Crippen molar-refractivity contribution in [2.24, 2.45) is 5.92 Å². The third kappa shape index (κ3) is 2.66. The first kappa shape index (κ1) is 10.8. The number of nitrogens with one attached hydrogen (secondary N) is 1. The lowest BCUT2D eigenvalue weighted by molar-refractivity contribution is 0.249. The molecule has 5 heteroatoms. The Morgan fingerprint density at radius 1 is 1.53 bits per heavy atom. The third-order valence-electron chi connectivity index (χ3n) is 2.69. The smallest absolute Gasteiger partial charge is 0.202 e. The first-order chi connectivity index (χ1) is 7.20. The highest BCUT2D eigenvalue weighted by molar-refractivity contribution is 7.09. The van der Waals surface area contributed by atoms with Crippen LogP contribution in [0.3, 0.4) is 0 Å². The molecule has 1 saturated carbocycles. The van der Waals surface area contributed by atoms with Gasteiger partial charge in [0, 0.05) is 17.5 Å². The fourth-order valence-corrected chi connectivity index (χ4v) is 2.09. The molecule has 2 rings (SSSR count). The zero-order valence-electron chi connectivity index (χ0n) is 9.10. The molecule has 4 nitrogen and oxygen atoms in total. The maximum Gasteiger partial charge on any atom is 0.202 e. The van der Waals surface area contributed by atoms with Crippen molar-refractivity contribution in [2.45, 2.75) is 38.6 Å². The summed E-state index contributed by atoms with van der Waals surface area (Å²) in [6, 6.07) is 0.0741. The zero-order chi connectivity index (χ0) is 10.8. The Morgan fingerprint density at radius 3 is 2.80 bits per heavy atom. The minimum absolute atomic E-state index is 0.0741. The van der Waals surface area contributed by atoms with Gasteiger partial charge in [-0.25, -0.2) is 4.98 Å². The summed E-state index contributed by atoms with van der Waals surface area (Å²) >= 11 is 1.40. The molecule has 0 spiro atoms. The van der Waals surface area contributed by atoms with Crippen molar-refractivity contribution >= 4 is 16.7 Å². The van der Waals surface area contributed by atoms with Crippen LogP contribution in [-0.2, 0) is 0 Å². The first-order valence-electron chi connectivity index (χ1n) is 5.41. The number of nitrogens with zero attached hydrogens (tertiary/aromatic N) is 2. The van der Waals surface area contributed by atoms with Gasteiger partial charge in [-0.05, 0) is 18.8 Å². The van der Waals surface area contributed by atoms with Crippen LogP contribution >= 0.6 is 11.5 Å². The Bertz CT molecular complexity index is 322. The van der Waals surface area contributed by atoms with E-state index in [1.165, 1.54) is 24.4 Å². The van der Waals surface area contributed by atoms with Gasteiger partial charge in [0.1, 0.15) is 5.82 Å². The highest BCUT2D eigenvalue weighted by Gasteiger charge is 2.28. The quantitative estimate of drug-likeness (QED) is 0.806.